The van der Waals surface area contributed by atoms with Crippen molar-refractivity contribution in [2.24, 2.45) is 5.73 Å². The van der Waals surface area contributed by atoms with Crippen LogP contribution in [0.2, 0.25) is 0 Å². The Labute approximate surface area is 128 Å². The molecule has 2 aromatic carbocycles. The van der Waals surface area contributed by atoms with Crippen molar-refractivity contribution >= 4 is 16.0 Å². The van der Waals surface area contributed by atoms with E-state index >= 15 is 0 Å². The van der Waals surface area contributed by atoms with Gasteiger partial charge in [-0.2, -0.15) is 8.42 Å². The zero-order valence-corrected chi connectivity index (χ0v) is 12.7. The number of hydrogen-bond acceptors (Lipinski definition) is 5. The summed E-state index contributed by atoms with van der Waals surface area (Å²) in [5.41, 5.74) is 5.19. The molecule has 0 saturated heterocycles. The predicted octanol–water partition coefficient (Wildman–Crippen LogP) is 1.95. The summed E-state index contributed by atoms with van der Waals surface area (Å²) < 4.78 is 34.7. The smallest absolute Gasteiger partial charge is 0.339 e. The molecule has 0 heterocycles. The van der Waals surface area contributed by atoms with Crippen LogP contribution < -0.4 is 14.7 Å². The van der Waals surface area contributed by atoms with Gasteiger partial charge in [-0.25, -0.2) is 0 Å². The fourth-order valence-electron chi connectivity index (χ4n) is 1.78. The molecular weight excluding hydrogens is 306 g/mol. The number of benzene rings is 2. The summed E-state index contributed by atoms with van der Waals surface area (Å²) >= 11 is 0. The number of primary amides is 1. The molecule has 0 fully saturated rings. The largest absolute Gasteiger partial charge is 0.494 e. The van der Waals surface area contributed by atoms with Gasteiger partial charge in [-0.05, 0) is 43.3 Å². The second-order valence-electron chi connectivity index (χ2n) is 4.30. The highest BCUT2D eigenvalue weighted by Crippen LogP contribution is 2.23. The molecule has 1 amide bonds. The third kappa shape index (κ3) is 3.56. The lowest BCUT2D eigenvalue weighted by atomic mass is 10.2. The van der Waals surface area contributed by atoms with E-state index < -0.39 is 16.0 Å². The summed E-state index contributed by atoms with van der Waals surface area (Å²) in [6.07, 6.45) is 0. The van der Waals surface area contributed by atoms with Crippen molar-refractivity contribution in [1.29, 1.82) is 0 Å². The molecule has 22 heavy (non-hydrogen) atoms. The van der Waals surface area contributed by atoms with E-state index in [9.17, 15) is 13.2 Å². The molecule has 0 aliphatic rings. The number of carbonyl (C=O) groups is 1. The van der Waals surface area contributed by atoms with Gasteiger partial charge in [-0.1, -0.05) is 12.1 Å². The summed E-state index contributed by atoms with van der Waals surface area (Å²) in [5, 5.41) is 0. The topological polar surface area (TPSA) is 95.7 Å². The zero-order valence-electron chi connectivity index (χ0n) is 11.9. The lowest BCUT2D eigenvalue weighted by Gasteiger charge is -2.10. The van der Waals surface area contributed by atoms with Crippen molar-refractivity contribution in [3.8, 4) is 11.5 Å². The first-order chi connectivity index (χ1) is 10.4. The van der Waals surface area contributed by atoms with E-state index in [1.165, 1.54) is 36.4 Å². The molecular formula is C15H15NO5S. The van der Waals surface area contributed by atoms with Gasteiger partial charge in [0.1, 0.15) is 10.6 Å². The summed E-state index contributed by atoms with van der Waals surface area (Å²) in [4.78, 5) is 11.2. The number of ether oxygens (including phenoxy) is 1. The fraction of sp³-hybridized carbons (Fsp3) is 0.133. The van der Waals surface area contributed by atoms with E-state index in [1.54, 1.807) is 12.1 Å². The van der Waals surface area contributed by atoms with Crippen molar-refractivity contribution in [3.63, 3.8) is 0 Å². The molecule has 0 saturated carbocycles. The first-order valence-electron chi connectivity index (χ1n) is 6.50. The van der Waals surface area contributed by atoms with Gasteiger partial charge in [0, 0.05) is 0 Å². The Morgan fingerprint density at radius 1 is 1.09 bits per heavy atom. The average Bonchev–Trinajstić information content (AvgIpc) is 2.48. The number of para-hydroxylation sites is 1. The Bertz CT molecular complexity index is 769. The average molecular weight is 321 g/mol. The van der Waals surface area contributed by atoms with Crippen LogP contribution in [-0.2, 0) is 10.1 Å². The molecule has 2 aromatic rings. The van der Waals surface area contributed by atoms with Crippen molar-refractivity contribution in [2.45, 2.75) is 11.8 Å². The van der Waals surface area contributed by atoms with Crippen LogP contribution in [0.15, 0.2) is 53.4 Å². The second kappa shape index (κ2) is 6.48. The molecule has 0 unspecified atom stereocenters. The Balaban J connectivity index is 2.30. The van der Waals surface area contributed by atoms with Crippen LogP contribution in [0.3, 0.4) is 0 Å². The van der Waals surface area contributed by atoms with Crippen LogP contribution in [0.25, 0.3) is 0 Å². The first-order valence-corrected chi connectivity index (χ1v) is 7.91. The number of hydrogen-bond donors (Lipinski definition) is 1. The van der Waals surface area contributed by atoms with Crippen LogP contribution in [0.1, 0.15) is 17.3 Å². The Morgan fingerprint density at radius 2 is 1.73 bits per heavy atom. The van der Waals surface area contributed by atoms with Crippen molar-refractivity contribution in [2.75, 3.05) is 6.61 Å². The van der Waals surface area contributed by atoms with Gasteiger partial charge in [0.2, 0.25) is 0 Å². The maximum absolute atomic E-state index is 12.2. The normalized spacial score (nSPS) is 11.0. The van der Waals surface area contributed by atoms with Gasteiger partial charge in [-0.3, -0.25) is 4.79 Å². The molecule has 6 nitrogen and oxygen atoms in total. The van der Waals surface area contributed by atoms with E-state index in [2.05, 4.69) is 0 Å². The van der Waals surface area contributed by atoms with E-state index in [-0.39, 0.29) is 16.2 Å². The minimum absolute atomic E-state index is 0.00277. The molecule has 0 atom stereocenters. The number of carbonyl (C=O) groups excluding carboxylic acids is 1. The van der Waals surface area contributed by atoms with Crippen LogP contribution in [0.5, 0.6) is 11.5 Å². The quantitative estimate of drug-likeness (QED) is 0.820. The molecule has 0 bridgehead atoms. The predicted molar refractivity (Wildman–Crippen MR) is 80.4 cm³/mol. The molecule has 2 N–H and O–H groups in total. The maximum atomic E-state index is 12.2. The monoisotopic (exact) mass is 321 g/mol. The van der Waals surface area contributed by atoms with Crippen LogP contribution in [0.4, 0.5) is 0 Å². The molecule has 0 spiro atoms. The summed E-state index contributed by atoms with van der Waals surface area (Å²) in [6.45, 7) is 2.31. The molecule has 7 heteroatoms. The zero-order chi connectivity index (χ0) is 16.2. The molecule has 0 aliphatic heterocycles. The van der Waals surface area contributed by atoms with Gasteiger partial charge in [0.15, 0.2) is 5.75 Å². The fourth-order valence-corrected chi connectivity index (χ4v) is 2.73. The van der Waals surface area contributed by atoms with E-state index in [1.807, 2.05) is 6.92 Å². The van der Waals surface area contributed by atoms with Gasteiger partial charge in [0.25, 0.3) is 5.91 Å². The summed E-state index contributed by atoms with van der Waals surface area (Å²) in [6, 6.07) is 11.7. The van der Waals surface area contributed by atoms with Gasteiger partial charge in [0.05, 0.1) is 12.2 Å². The summed E-state index contributed by atoms with van der Waals surface area (Å²) in [7, 11) is -4.06. The maximum Gasteiger partial charge on any atom is 0.339 e. The Hall–Kier alpha value is -2.54. The third-order valence-corrected chi connectivity index (χ3v) is 4.02. The van der Waals surface area contributed by atoms with Crippen LogP contribution >= 0.6 is 0 Å². The van der Waals surface area contributed by atoms with E-state index in [0.29, 0.717) is 12.4 Å². The highest BCUT2D eigenvalue weighted by Gasteiger charge is 2.20. The second-order valence-corrected chi connectivity index (χ2v) is 5.85. The Kier molecular flexibility index (Phi) is 4.67. The first kappa shape index (κ1) is 15.8. The standard InChI is InChI=1S/C15H15NO5S/c1-2-20-11-7-9-12(10-8-11)22(18,19)21-14-6-4-3-5-13(14)15(16)17/h3-10H,2H2,1H3,(H2,16,17). The van der Waals surface area contributed by atoms with Crippen molar-refractivity contribution in [1.82, 2.24) is 0 Å². The molecule has 2 rings (SSSR count). The minimum atomic E-state index is -4.06. The van der Waals surface area contributed by atoms with Gasteiger partial charge in [-0.15, -0.1) is 0 Å². The van der Waals surface area contributed by atoms with Gasteiger partial charge < -0.3 is 14.7 Å². The van der Waals surface area contributed by atoms with E-state index in [0.717, 1.165) is 0 Å². The molecule has 0 radical (unpaired) electrons. The third-order valence-electron chi connectivity index (χ3n) is 2.78. The van der Waals surface area contributed by atoms with Gasteiger partial charge >= 0.3 is 10.1 Å². The highest BCUT2D eigenvalue weighted by atomic mass is 32.2. The van der Waals surface area contributed by atoms with Crippen molar-refractivity contribution < 1.29 is 22.1 Å². The number of rotatable bonds is 6. The Morgan fingerprint density at radius 3 is 2.32 bits per heavy atom. The SMILES string of the molecule is CCOc1ccc(S(=O)(=O)Oc2ccccc2C(N)=O)cc1. The lowest BCUT2D eigenvalue weighted by Crippen LogP contribution is -2.16. The van der Waals surface area contributed by atoms with Crippen molar-refractivity contribution in [3.05, 3.63) is 54.1 Å². The number of nitrogens with two attached hydrogens (primary N) is 1. The highest BCUT2D eigenvalue weighted by molar-refractivity contribution is 7.87. The number of amides is 1. The molecule has 116 valence electrons. The summed E-state index contributed by atoms with van der Waals surface area (Å²) in [5.74, 6) is -0.319. The minimum Gasteiger partial charge on any atom is -0.494 e. The molecule has 0 aromatic heterocycles. The van der Waals surface area contributed by atoms with Crippen LogP contribution in [0, 0.1) is 0 Å². The van der Waals surface area contributed by atoms with Crippen LogP contribution in [-0.4, -0.2) is 20.9 Å². The molecule has 0 aliphatic carbocycles. The van der Waals surface area contributed by atoms with E-state index in [4.69, 9.17) is 14.7 Å². The lowest BCUT2D eigenvalue weighted by molar-refractivity contribution is 0.0999.